The molecule has 1 amide bonds. The van der Waals surface area contributed by atoms with Gasteiger partial charge in [0.2, 0.25) is 5.91 Å². The van der Waals surface area contributed by atoms with Gasteiger partial charge in [-0.2, -0.15) is 0 Å². The second-order valence-corrected chi connectivity index (χ2v) is 6.94. The fourth-order valence-electron chi connectivity index (χ4n) is 0.981. The van der Waals surface area contributed by atoms with Gasteiger partial charge in [0, 0.05) is 18.6 Å². The zero-order valence-corrected chi connectivity index (χ0v) is 11.4. The fourth-order valence-corrected chi connectivity index (χ4v) is 2.17. The van der Waals surface area contributed by atoms with Gasteiger partial charge < -0.3 is 11.1 Å². The number of rotatable bonds is 8. The van der Waals surface area contributed by atoms with Gasteiger partial charge in [0.15, 0.2) is 0 Å². The number of carbonyl (C=O) groups excluding carboxylic acids is 1. The van der Waals surface area contributed by atoms with Crippen molar-refractivity contribution in [3.05, 3.63) is 0 Å². The lowest BCUT2D eigenvalue weighted by Gasteiger charge is -2.11. The quantitative estimate of drug-likeness (QED) is 0.449. The molecule has 5 nitrogen and oxygen atoms in total. The number of nitrogens with two attached hydrogens (primary N) is 1. The first-order valence-electron chi connectivity index (χ1n) is 5.09. The van der Waals surface area contributed by atoms with E-state index in [1.165, 1.54) is 11.8 Å². The van der Waals surface area contributed by atoms with Crippen LogP contribution in [0.3, 0.4) is 0 Å². The van der Waals surface area contributed by atoms with Gasteiger partial charge in [-0.25, -0.2) is 8.42 Å². The van der Waals surface area contributed by atoms with E-state index >= 15 is 0 Å². The molecular formula is C10H18N2O3S2. The zero-order chi connectivity index (χ0) is 13.3. The van der Waals surface area contributed by atoms with Crippen molar-refractivity contribution in [1.82, 2.24) is 5.32 Å². The molecule has 0 aromatic heterocycles. The van der Waals surface area contributed by atoms with Crippen molar-refractivity contribution in [2.24, 2.45) is 5.73 Å². The largest absolute Gasteiger partial charge is 0.354 e. The van der Waals surface area contributed by atoms with Crippen LogP contribution in [0.2, 0.25) is 0 Å². The molecule has 0 aliphatic rings. The van der Waals surface area contributed by atoms with Gasteiger partial charge in [0.05, 0.1) is 17.5 Å². The van der Waals surface area contributed by atoms with E-state index in [9.17, 15) is 13.2 Å². The van der Waals surface area contributed by atoms with Crippen molar-refractivity contribution in [3.63, 3.8) is 0 Å². The van der Waals surface area contributed by atoms with E-state index in [0.717, 1.165) is 12.0 Å². The number of sulfone groups is 1. The maximum Gasteiger partial charge on any atom is 0.236 e. The van der Waals surface area contributed by atoms with Crippen LogP contribution in [-0.4, -0.2) is 50.4 Å². The molecule has 3 N–H and O–H groups in total. The van der Waals surface area contributed by atoms with Crippen LogP contribution in [0.15, 0.2) is 0 Å². The molecule has 1 unspecified atom stereocenters. The van der Waals surface area contributed by atoms with Crippen LogP contribution >= 0.6 is 11.8 Å². The molecular weight excluding hydrogens is 260 g/mol. The van der Waals surface area contributed by atoms with Crippen LogP contribution in [-0.2, 0) is 14.6 Å². The molecule has 0 spiro atoms. The summed E-state index contributed by atoms with van der Waals surface area (Å²) in [5, 5.41) is 2.63. The van der Waals surface area contributed by atoms with E-state index in [1.807, 2.05) is 0 Å². The third-order valence-electron chi connectivity index (χ3n) is 1.87. The first-order valence-corrected chi connectivity index (χ1v) is 8.30. The molecule has 0 aliphatic heterocycles. The van der Waals surface area contributed by atoms with E-state index in [1.54, 1.807) is 0 Å². The Labute approximate surface area is 107 Å². The standard InChI is InChI=1S/C10H18N2O3S2/c1-3-6-16-7-5-12-10(13)9(11)4-8-17(2,14)15/h1,9H,4-8,11H2,2H3,(H,12,13). The molecule has 0 rings (SSSR count). The molecule has 0 bridgehead atoms. The number of carbonyl (C=O) groups is 1. The summed E-state index contributed by atoms with van der Waals surface area (Å²) < 4.78 is 21.8. The average Bonchev–Trinajstić information content (AvgIpc) is 2.24. The second-order valence-electron chi connectivity index (χ2n) is 3.57. The fraction of sp³-hybridized carbons (Fsp3) is 0.700. The van der Waals surface area contributed by atoms with Gasteiger partial charge in [0.1, 0.15) is 9.84 Å². The first kappa shape index (κ1) is 16.3. The second kappa shape index (κ2) is 8.39. The summed E-state index contributed by atoms with van der Waals surface area (Å²) in [6.07, 6.45) is 6.32. The van der Waals surface area contributed by atoms with E-state index in [4.69, 9.17) is 12.2 Å². The SMILES string of the molecule is C#CCSCCNC(=O)C(N)CCS(C)(=O)=O. The van der Waals surface area contributed by atoms with Gasteiger partial charge in [-0.05, 0) is 6.42 Å². The lowest BCUT2D eigenvalue weighted by Crippen LogP contribution is -2.42. The minimum Gasteiger partial charge on any atom is -0.354 e. The maximum atomic E-state index is 11.4. The molecule has 0 fully saturated rings. The number of terminal acetylenes is 1. The Balaban J connectivity index is 3.72. The smallest absolute Gasteiger partial charge is 0.236 e. The third-order valence-corrected chi connectivity index (χ3v) is 3.71. The number of hydrogen-bond acceptors (Lipinski definition) is 5. The van der Waals surface area contributed by atoms with E-state index in [-0.39, 0.29) is 18.1 Å². The van der Waals surface area contributed by atoms with Crippen molar-refractivity contribution in [1.29, 1.82) is 0 Å². The molecule has 17 heavy (non-hydrogen) atoms. The lowest BCUT2D eigenvalue weighted by molar-refractivity contribution is -0.122. The highest BCUT2D eigenvalue weighted by Crippen LogP contribution is 1.97. The summed E-state index contributed by atoms with van der Waals surface area (Å²) in [6, 6.07) is -0.776. The van der Waals surface area contributed by atoms with Gasteiger partial charge >= 0.3 is 0 Å². The topological polar surface area (TPSA) is 89.3 Å². The van der Waals surface area contributed by atoms with Gasteiger partial charge in [-0.3, -0.25) is 4.79 Å². The Bertz CT molecular complexity index is 374. The Kier molecular flexibility index (Phi) is 8.04. The van der Waals surface area contributed by atoms with Crippen LogP contribution in [0, 0.1) is 12.3 Å². The minimum atomic E-state index is -3.07. The summed E-state index contributed by atoms with van der Waals surface area (Å²) in [5.41, 5.74) is 5.55. The Hall–Kier alpha value is -0.710. The molecule has 0 radical (unpaired) electrons. The number of nitrogens with one attached hydrogen (secondary N) is 1. The Morgan fingerprint density at radius 1 is 1.59 bits per heavy atom. The van der Waals surface area contributed by atoms with Crippen LogP contribution in [0.1, 0.15) is 6.42 Å². The molecule has 1 atom stereocenters. The summed E-state index contributed by atoms with van der Waals surface area (Å²) >= 11 is 1.54. The van der Waals surface area contributed by atoms with Crippen LogP contribution in [0.5, 0.6) is 0 Å². The predicted octanol–water partition coefficient (Wildman–Crippen LogP) is -0.769. The number of amides is 1. The van der Waals surface area contributed by atoms with Gasteiger partial charge in [-0.15, -0.1) is 18.2 Å². The molecule has 0 aliphatic carbocycles. The molecule has 98 valence electrons. The van der Waals surface area contributed by atoms with Crippen molar-refractivity contribution in [2.75, 3.05) is 30.1 Å². The van der Waals surface area contributed by atoms with Crippen molar-refractivity contribution in [2.45, 2.75) is 12.5 Å². The Morgan fingerprint density at radius 3 is 2.76 bits per heavy atom. The summed E-state index contributed by atoms with van der Waals surface area (Å²) in [6.45, 7) is 0.484. The predicted molar refractivity (Wildman–Crippen MR) is 71.5 cm³/mol. The normalized spacial score (nSPS) is 12.8. The molecule has 0 saturated carbocycles. The van der Waals surface area contributed by atoms with Crippen molar-refractivity contribution >= 4 is 27.5 Å². The van der Waals surface area contributed by atoms with Crippen LogP contribution < -0.4 is 11.1 Å². The van der Waals surface area contributed by atoms with Crippen LogP contribution in [0.4, 0.5) is 0 Å². The van der Waals surface area contributed by atoms with Gasteiger partial charge in [0.25, 0.3) is 0 Å². The maximum absolute atomic E-state index is 11.4. The van der Waals surface area contributed by atoms with E-state index in [2.05, 4.69) is 11.2 Å². The molecule has 0 aromatic carbocycles. The van der Waals surface area contributed by atoms with Crippen molar-refractivity contribution in [3.8, 4) is 12.3 Å². The highest BCUT2D eigenvalue weighted by molar-refractivity contribution is 7.99. The van der Waals surface area contributed by atoms with Gasteiger partial charge in [-0.1, -0.05) is 5.92 Å². The third kappa shape index (κ3) is 10.2. The van der Waals surface area contributed by atoms with E-state index in [0.29, 0.717) is 12.3 Å². The molecule has 0 saturated heterocycles. The zero-order valence-electron chi connectivity index (χ0n) is 9.81. The van der Waals surface area contributed by atoms with Crippen molar-refractivity contribution < 1.29 is 13.2 Å². The number of hydrogen-bond donors (Lipinski definition) is 2. The number of thioether (sulfide) groups is 1. The summed E-state index contributed by atoms with van der Waals surface area (Å²) in [5.74, 6) is 3.40. The lowest BCUT2D eigenvalue weighted by atomic mass is 10.2. The molecule has 0 aromatic rings. The molecule has 0 heterocycles. The molecule has 7 heteroatoms. The monoisotopic (exact) mass is 278 g/mol. The summed E-state index contributed by atoms with van der Waals surface area (Å²) in [7, 11) is -3.07. The highest BCUT2D eigenvalue weighted by atomic mass is 32.2. The highest BCUT2D eigenvalue weighted by Gasteiger charge is 2.15. The van der Waals surface area contributed by atoms with Crippen LogP contribution in [0.25, 0.3) is 0 Å². The average molecular weight is 278 g/mol. The first-order chi connectivity index (χ1) is 7.87. The van der Waals surface area contributed by atoms with E-state index < -0.39 is 15.9 Å². The Morgan fingerprint density at radius 2 is 2.24 bits per heavy atom. The summed E-state index contributed by atoms with van der Waals surface area (Å²) in [4.78, 5) is 11.4. The minimum absolute atomic E-state index is 0.0760.